The molecule has 1 aromatic heterocycles. The highest BCUT2D eigenvalue weighted by molar-refractivity contribution is 5.24. The maximum Gasteiger partial charge on any atom is 0.0887 e. The molecule has 0 bridgehead atoms. The Morgan fingerprint density at radius 1 is 1.67 bits per heavy atom. The number of nitrogens with one attached hydrogen (secondary N) is 1. The molecular formula is C11H19N3O. The summed E-state index contributed by atoms with van der Waals surface area (Å²) in [5.41, 5.74) is 2.56. The van der Waals surface area contributed by atoms with Gasteiger partial charge in [-0.3, -0.25) is 4.68 Å². The molecule has 1 aliphatic rings. The van der Waals surface area contributed by atoms with Crippen LogP contribution in [0.4, 0.5) is 0 Å². The zero-order valence-corrected chi connectivity index (χ0v) is 9.66. The van der Waals surface area contributed by atoms with Crippen LogP contribution in [-0.4, -0.2) is 29.0 Å². The second-order valence-electron chi connectivity index (χ2n) is 4.45. The molecule has 4 heteroatoms. The van der Waals surface area contributed by atoms with E-state index in [2.05, 4.69) is 24.3 Å². The van der Waals surface area contributed by atoms with Crippen molar-refractivity contribution in [3.63, 3.8) is 0 Å². The molecule has 0 fully saturated rings. The van der Waals surface area contributed by atoms with Gasteiger partial charge in [0, 0.05) is 31.1 Å². The number of hydrogen-bond donors (Lipinski definition) is 1. The van der Waals surface area contributed by atoms with Crippen LogP contribution in [0.3, 0.4) is 0 Å². The zero-order chi connectivity index (χ0) is 10.8. The Morgan fingerprint density at radius 3 is 3.20 bits per heavy atom. The van der Waals surface area contributed by atoms with E-state index < -0.39 is 0 Å². The molecule has 1 unspecified atom stereocenters. The molecule has 4 nitrogen and oxygen atoms in total. The number of aryl methyl sites for hydroxylation is 1. The van der Waals surface area contributed by atoms with E-state index in [1.807, 2.05) is 17.9 Å². The van der Waals surface area contributed by atoms with E-state index in [0.717, 1.165) is 13.2 Å². The molecule has 1 aromatic rings. The van der Waals surface area contributed by atoms with Crippen LogP contribution in [0.5, 0.6) is 0 Å². The van der Waals surface area contributed by atoms with Gasteiger partial charge in [-0.05, 0) is 0 Å². The minimum absolute atomic E-state index is 0.449. The third-order valence-corrected chi connectivity index (χ3v) is 2.86. The van der Waals surface area contributed by atoms with Crippen molar-refractivity contribution >= 4 is 0 Å². The summed E-state index contributed by atoms with van der Waals surface area (Å²) in [6, 6.07) is 0.520. The summed E-state index contributed by atoms with van der Waals surface area (Å²) in [5, 5.41) is 7.73. The van der Waals surface area contributed by atoms with Crippen LogP contribution < -0.4 is 5.32 Å². The van der Waals surface area contributed by atoms with Crippen LogP contribution in [0.2, 0.25) is 0 Å². The smallest absolute Gasteiger partial charge is 0.0887 e. The van der Waals surface area contributed by atoms with Gasteiger partial charge in [-0.25, -0.2) is 0 Å². The highest BCUT2D eigenvalue weighted by atomic mass is 16.5. The largest absolute Gasteiger partial charge is 0.374 e. The van der Waals surface area contributed by atoms with Crippen molar-refractivity contribution < 1.29 is 4.74 Å². The van der Waals surface area contributed by atoms with Crippen LogP contribution in [0.15, 0.2) is 6.20 Å². The molecule has 0 radical (unpaired) electrons. The van der Waals surface area contributed by atoms with Crippen molar-refractivity contribution in [2.45, 2.75) is 32.4 Å². The summed E-state index contributed by atoms with van der Waals surface area (Å²) in [4.78, 5) is 0. The Balaban J connectivity index is 2.09. The lowest BCUT2D eigenvalue weighted by Crippen LogP contribution is -2.32. The fourth-order valence-corrected chi connectivity index (χ4v) is 1.93. The first-order chi connectivity index (χ1) is 7.18. The lowest BCUT2D eigenvalue weighted by atomic mass is 9.98. The van der Waals surface area contributed by atoms with Crippen molar-refractivity contribution in [3.8, 4) is 0 Å². The lowest BCUT2D eigenvalue weighted by Gasteiger charge is -2.24. The van der Waals surface area contributed by atoms with E-state index >= 15 is 0 Å². The van der Waals surface area contributed by atoms with Crippen LogP contribution in [0.1, 0.15) is 31.0 Å². The number of nitrogens with zero attached hydrogens (tertiary/aromatic N) is 2. The summed E-state index contributed by atoms with van der Waals surface area (Å²) in [6.07, 6.45) is 1.98. The van der Waals surface area contributed by atoms with Gasteiger partial charge in [-0.15, -0.1) is 0 Å². The van der Waals surface area contributed by atoms with Gasteiger partial charge < -0.3 is 10.1 Å². The monoisotopic (exact) mass is 209 g/mol. The van der Waals surface area contributed by atoms with Crippen LogP contribution in [0, 0.1) is 0 Å². The summed E-state index contributed by atoms with van der Waals surface area (Å²) >= 11 is 0. The molecule has 0 amide bonds. The van der Waals surface area contributed by atoms with Crippen molar-refractivity contribution in [3.05, 3.63) is 17.5 Å². The number of fused-ring (bicyclic) bond motifs is 1. The van der Waals surface area contributed by atoms with Gasteiger partial charge in [0.1, 0.15) is 0 Å². The highest BCUT2D eigenvalue weighted by Gasteiger charge is 2.23. The molecular weight excluding hydrogens is 190 g/mol. The molecule has 0 aromatic carbocycles. The van der Waals surface area contributed by atoms with Crippen molar-refractivity contribution in [1.82, 2.24) is 15.1 Å². The quantitative estimate of drug-likeness (QED) is 0.808. The van der Waals surface area contributed by atoms with Crippen molar-refractivity contribution in [2.24, 2.45) is 7.05 Å². The summed E-state index contributed by atoms with van der Waals surface area (Å²) in [6.45, 7) is 6.79. The third-order valence-electron chi connectivity index (χ3n) is 2.86. The van der Waals surface area contributed by atoms with Crippen molar-refractivity contribution in [1.29, 1.82) is 0 Å². The Morgan fingerprint density at radius 2 is 2.47 bits per heavy atom. The molecule has 1 N–H and O–H groups in total. The lowest BCUT2D eigenvalue weighted by molar-refractivity contribution is 0.0854. The van der Waals surface area contributed by atoms with E-state index in [1.54, 1.807) is 0 Å². The maximum absolute atomic E-state index is 5.58. The normalized spacial score (nSPS) is 20.7. The standard InChI is InChI=1S/C11H19N3O/c1-8(2)12-4-9-6-15-7-11-10(9)5-13-14(11)3/h5,8-9,12H,4,6-7H2,1-3H3. The average molecular weight is 209 g/mol. The molecule has 0 saturated heterocycles. The van der Waals surface area contributed by atoms with Gasteiger partial charge in [0.25, 0.3) is 0 Å². The summed E-state index contributed by atoms with van der Waals surface area (Å²) in [7, 11) is 1.97. The van der Waals surface area contributed by atoms with E-state index in [-0.39, 0.29) is 0 Å². The fraction of sp³-hybridized carbons (Fsp3) is 0.727. The van der Waals surface area contributed by atoms with E-state index in [4.69, 9.17) is 4.74 Å². The first-order valence-corrected chi connectivity index (χ1v) is 5.50. The third kappa shape index (κ3) is 2.21. The molecule has 0 aliphatic carbocycles. The number of hydrogen-bond acceptors (Lipinski definition) is 3. The Kier molecular flexibility index (Phi) is 3.07. The molecule has 2 heterocycles. The predicted octanol–water partition coefficient (Wildman–Crippen LogP) is 1.03. The first-order valence-electron chi connectivity index (χ1n) is 5.50. The molecule has 0 saturated carbocycles. The van der Waals surface area contributed by atoms with Crippen LogP contribution in [0.25, 0.3) is 0 Å². The Hall–Kier alpha value is -0.870. The molecule has 84 valence electrons. The minimum Gasteiger partial charge on any atom is -0.374 e. The van der Waals surface area contributed by atoms with E-state index in [9.17, 15) is 0 Å². The summed E-state index contributed by atoms with van der Waals surface area (Å²) in [5.74, 6) is 0.449. The summed E-state index contributed by atoms with van der Waals surface area (Å²) < 4.78 is 7.49. The van der Waals surface area contributed by atoms with Gasteiger partial charge in [-0.2, -0.15) is 5.10 Å². The number of rotatable bonds is 3. The van der Waals surface area contributed by atoms with E-state index in [0.29, 0.717) is 18.6 Å². The topological polar surface area (TPSA) is 39.1 Å². The first kappa shape index (κ1) is 10.6. The van der Waals surface area contributed by atoms with Gasteiger partial charge in [0.15, 0.2) is 0 Å². The molecule has 1 aliphatic heterocycles. The average Bonchev–Trinajstić information content (AvgIpc) is 2.58. The zero-order valence-electron chi connectivity index (χ0n) is 9.66. The number of aromatic nitrogens is 2. The van der Waals surface area contributed by atoms with E-state index in [1.165, 1.54) is 11.3 Å². The fourth-order valence-electron chi connectivity index (χ4n) is 1.93. The van der Waals surface area contributed by atoms with Gasteiger partial charge in [0.2, 0.25) is 0 Å². The Bertz CT molecular complexity index is 333. The molecule has 15 heavy (non-hydrogen) atoms. The van der Waals surface area contributed by atoms with Gasteiger partial charge in [-0.1, -0.05) is 13.8 Å². The van der Waals surface area contributed by atoms with Crippen LogP contribution >= 0.6 is 0 Å². The van der Waals surface area contributed by atoms with Crippen molar-refractivity contribution in [2.75, 3.05) is 13.2 Å². The maximum atomic E-state index is 5.58. The minimum atomic E-state index is 0.449. The second kappa shape index (κ2) is 4.33. The molecule has 1 atom stereocenters. The Labute approximate surface area is 90.6 Å². The highest BCUT2D eigenvalue weighted by Crippen LogP contribution is 2.25. The predicted molar refractivity (Wildman–Crippen MR) is 58.7 cm³/mol. The SMILES string of the molecule is CC(C)NCC1COCc2c1cnn2C. The second-order valence-corrected chi connectivity index (χ2v) is 4.45. The number of ether oxygens (including phenoxy) is 1. The van der Waals surface area contributed by atoms with Gasteiger partial charge >= 0.3 is 0 Å². The van der Waals surface area contributed by atoms with Crippen LogP contribution in [-0.2, 0) is 18.4 Å². The molecule has 2 rings (SSSR count). The molecule has 0 spiro atoms. The van der Waals surface area contributed by atoms with Gasteiger partial charge in [0.05, 0.1) is 25.1 Å².